The summed E-state index contributed by atoms with van der Waals surface area (Å²) in [6.07, 6.45) is 1.20. The Kier molecular flexibility index (Phi) is 4.01. The van der Waals surface area contributed by atoms with Gasteiger partial charge in [-0.15, -0.1) is 0 Å². The van der Waals surface area contributed by atoms with Crippen molar-refractivity contribution >= 4 is 19.9 Å². The highest BCUT2D eigenvalue weighted by atomic mass is 32.2. The summed E-state index contributed by atoms with van der Waals surface area (Å²) in [5.74, 6) is 0.157. The average molecular weight is 296 g/mol. The third kappa shape index (κ3) is 2.87. The summed E-state index contributed by atoms with van der Waals surface area (Å²) in [6.45, 7) is 3.04. The lowest BCUT2D eigenvalue weighted by Crippen LogP contribution is -2.49. The van der Waals surface area contributed by atoms with Crippen LogP contribution in [0.25, 0.3) is 0 Å². The van der Waals surface area contributed by atoms with Gasteiger partial charge in [-0.3, -0.25) is 0 Å². The molecule has 2 saturated heterocycles. The molecule has 8 heteroatoms. The van der Waals surface area contributed by atoms with Crippen molar-refractivity contribution in [2.75, 3.05) is 31.1 Å². The molecule has 0 bridgehead atoms. The summed E-state index contributed by atoms with van der Waals surface area (Å²) in [4.78, 5) is 0. The molecular weight excluding hydrogens is 276 g/mol. The molecule has 0 aliphatic carbocycles. The van der Waals surface area contributed by atoms with Gasteiger partial charge in [-0.05, 0) is 19.8 Å². The average Bonchev–Trinajstić information content (AvgIpc) is 2.38. The SMILES string of the molecule is CC1CNCCN(C2CCCS(=O)(=O)C2)S1(=O)=O. The number of sulfonamides is 1. The second-order valence-corrected chi connectivity index (χ2v) is 9.61. The summed E-state index contributed by atoms with van der Waals surface area (Å²) >= 11 is 0. The van der Waals surface area contributed by atoms with Crippen molar-refractivity contribution in [3.05, 3.63) is 0 Å². The molecule has 6 nitrogen and oxygen atoms in total. The molecule has 0 aromatic heterocycles. The van der Waals surface area contributed by atoms with Gasteiger partial charge in [0.2, 0.25) is 10.0 Å². The van der Waals surface area contributed by atoms with Crippen LogP contribution in [-0.2, 0) is 19.9 Å². The maximum atomic E-state index is 12.3. The Morgan fingerprint density at radius 1 is 1.22 bits per heavy atom. The van der Waals surface area contributed by atoms with E-state index >= 15 is 0 Å². The van der Waals surface area contributed by atoms with E-state index in [0.717, 1.165) is 0 Å². The molecule has 2 atom stereocenters. The van der Waals surface area contributed by atoms with E-state index in [1.165, 1.54) is 4.31 Å². The number of hydrogen-bond acceptors (Lipinski definition) is 5. The minimum absolute atomic E-state index is 0.0288. The number of nitrogens with one attached hydrogen (secondary N) is 1. The summed E-state index contributed by atoms with van der Waals surface area (Å²) in [6, 6.07) is -0.379. The second kappa shape index (κ2) is 5.07. The molecule has 0 radical (unpaired) electrons. The minimum Gasteiger partial charge on any atom is -0.314 e. The third-order valence-corrected chi connectivity index (χ3v) is 7.74. The molecule has 18 heavy (non-hydrogen) atoms. The number of hydrogen-bond donors (Lipinski definition) is 1. The Hall–Kier alpha value is -0.180. The standard InChI is InChI=1S/C10H20N2O4S2/c1-9-7-11-4-5-12(18(9,15)16)10-3-2-6-17(13,14)8-10/h9-11H,2-8H2,1H3. The molecule has 2 aliphatic heterocycles. The lowest BCUT2D eigenvalue weighted by Gasteiger charge is -2.33. The van der Waals surface area contributed by atoms with Crippen molar-refractivity contribution in [2.24, 2.45) is 0 Å². The van der Waals surface area contributed by atoms with Crippen LogP contribution in [0.1, 0.15) is 19.8 Å². The van der Waals surface area contributed by atoms with Crippen LogP contribution in [0.5, 0.6) is 0 Å². The molecule has 0 saturated carbocycles. The van der Waals surface area contributed by atoms with Crippen molar-refractivity contribution < 1.29 is 16.8 Å². The van der Waals surface area contributed by atoms with E-state index < -0.39 is 25.1 Å². The maximum Gasteiger partial charge on any atom is 0.218 e. The smallest absolute Gasteiger partial charge is 0.218 e. The monoisotopic (exact) mass is 296 g/mol. The fraction of sp³-hybridized carbons (Fsp3) is 1.00. The van der Waals surface area contributed by atoms with Gasteiger partial charge in [-0.1, -0.05) is 0 Å². The van der Waals surface area contributed by atoms with Gasteiger partial charge in [-0.2, -0.15) is 4.31 Å². The van der Waals surface area contributed by atoms with E-state index in [2.05, 4.69) is 5.32 Å². The number of sulfone groups is 1. The first-order chi connectivity index (χ1) is 8.33. The summed E-state index contributed by atoms with van der Waals surface area (Å²) in [5, 5.41) is 2.58. The first-order valence-corrected chi connectivity index (χ1v) is 9.57. The highest BCUT2D eigenvalue weighted by Gasteiger charge is 2.39. The Morgan fingerprint density at radius 2 is 1.94 bits per heavy atom. The van der Waals surface area contributed by atoms with Crippen LogP contribution < -0.4 is 5.32 Å². The normalized spacial score (nSPS) is 36.9. The Bertz CT molecular complexity index is 500. The van der Waals surface area contributed by atoms with Gasteiger partial charge < -0.3 is 5.32 Å². The zero-order chi connectivity index (χ0) is 13.4. The molecule has 2 rings (SSSR count). The summed E-state index contributed by atoms with van der Waals surface area (Å²) in [5.41, 5.74) is 0. The second-order valence-electron chi connectivity index (χ2n) is 5.08. The molecule has 2 unspecified atom stereocenters. The van der Waals surface area contributed by atoms with Gasteiger partial charge in [0.1, 0.15) is 0 Å². The van der Waals surface area contributed by atoms with Crippen molar-refractivity contribution in [3.8, 4) is 0 Å². The highest BCUT2D eigenvalue weighted by Crippen LogP contribution is 2.23. The van der Waals surface area contributed by atoms with Gasteiger partial charge in [0.25, 0.3) is 0 Å². The van der Waals surface area contributed by atoms with Crippen LogP contribution in [0.3, 0.4) is 0 Å². The van der Waals surface area contributed by atoms with E-state index in [-0.39, 0.29) is 17.5 Å². The van der Waals surface area contributed by atoms with E-state index in [1.54, 1.807) is 6.92 Å². The van der Waals surface area contributed by atoms with Crippen LogP contribution >= 0.6 is 0 Å². The maximum absolute atomic E-state index is 12.3. The fourth-order valence-corrected chi connectivity index (χ4v) is 6.11. The predicted molar refractivity (Wildman–Crippen MR) is 69.6 cm³/mol. The largest absolute Gasteiger partial charge is 0.314 e. The molecular formula is C10H20N2O4S2. The van der Waals surface area contributed by atoms with Crippen LogP contribution in [0.4, 0.5) is 0 Å². The van der Waals surface area contributed by atoms with Crippen LogP contribution in [0.2, 0.25) is 0 Å². The highest BCUT2D eigenvalue weighted by molar-refractivity contribution is 7.91. The lowest BCUT2D eigenvalue weighted by molar-refractivity contribution is 0.320. The van der Waals surface area contributed by atoms with Gasteiger partial charge in [0.05, 0.1) is 16.8 Å². The molecule has 0 spiro atoms. The van der Waals surface area contributed by atoms with Crippen LogP contribution in [0.15, 0.2) is 0 Å². The Labute approximate surface area is 109 Å². The van der Waals surface area contributed by atoms with Gasteiger partial charge in [-0.25, -0.2) is 16.8 Å². The molecule has 106 valence electrons. The van der Waals surface area contributed by atoms with E-state index in [9.17, 15) is 16.8 Å². The minimum atomic E-state index is -3.38. The van der Waals surface area contributed by atoms with E-state index in [0.29, 0.717) is 32.5 Å². The van der Waals surface area contributed by atoms with Crippen molar-refractivity contribution in [1.82, 2.24) is 9.62 Å². The first-order valence-electron chi connectivity index (χ1n) is 6.25. The molecule has 2 fully saturated rings. The van der Waals surface area contributed by atoms with Crippen molar-refractivity contribution in [3.63, 3.8) is 0 Å². The summed E-state index contributed by atoms with van der Waals surface area (Å²) in [7, 11) is -6.47. The molecule has 0 aromatic carbocycles. The number of rotatable bonds is 1. The Balaban J connectivity index is 2.25. The van der Waals surface area contributed by atoms with Gasteiger partial charge >= 0.3 is 0 Å². The Morgan fingerprint density at radius 3 is 2.61 bits per heavy atom. The van der Waals surface area contributed by atoms with Gasteiger partial charge in [0.15, 0.2) is 9.84 Å². The molecule has 0 amide bonds. The van der Waals surface area contributed by atoms with Gasteiger partial charge in [0, 0.05) is 25.7 Å². The van der Waals surface area contributed by atoms with Crippen molar-refractivity contribution in [1.29, 1.82) is 0 Å². The molecule has 1 N–H and O–H groups in total. The van der Waals surface area contributed by atoms with E-state index in [4.69, 9.17) is 0 Å². The molecule has 2 aliphatic rings. The third-order valence-electron chi connectivity index (χ3n) is 3.62. The lowest BCUT2D eigenvalue weighted by atomic mass is 10.2. The van der Waals surface area contributed by atoms with Crippen molar-refractivity contribution in [2.45, 2.75) is 31.1 Å². The first kappa shape index (κ1) is 14.2. The fourth-order valence-electron chi connectivity index (χ4n) is 2.57. The van der Waals surface area contributed by atoms with E-state index in [1.807, 2.05) is 0 Å². The zero-order valence-electron chi connectivity index (χ0n) is 10.5. The van der Waals surface area contributed by atoms with Crippen LogP contribution in [0, 0.1) is 0 Å². The molecule has 0 aromatic rings. The summed E-state index contributed by atoms with van der Waals surface area (Å²) < 4.78 is 49.4. The molecule has 2 heterocycles. The predicted octanol–water partition coefficient (Wildman–Crippen LogP) is -0.813. The number of nitrogens with zero attached hydrogens (tertiary/aromatic N) is 1. The zero-order valence-corrected chi connectivity index (χ0v) is 12.1. The van der Waals surface area contributed by atoms with Crippen LogP contribution in [-0.4, -0.2) is 63.6 Å². The quantitative estimate of drug-likeness (QED) is 0.684. The topological polar surface area (TPSA) is 83.6 Å².